The topological polar surface area (TPSA) is 50.2 Å². The van der Waals surface area contributed by atoms with E-state index in [0.717, 1.165) is 27.2 Å². The van der Waals surface area contributed by atoms with E-state index in [9.17, 15) is 4.79 Å². The Kier molecular flexibility index (Phi) is 4.90. The number of nitrogens with zero attached hydrogens (tertiary/aromatic N) is 3. The lowest BCUT2D eigenvalue weighted by atomic mass is 10.2. The van der Waals surface area contributed by atoms with Crippen LogP contribution in [0.5, 0.6) is 0 Å². The fraction of sp³-hybridized carbons (Fsp3) is 0.158. The third kappa shape index (κ3) is 3.74. The van der Waals surface area contributed by atoms with Gasteiger partial charge in [-0.3, -0.25) is 4.79 Å². The highest BCUT2D eigenvalue weighted by Crippen LogP contribution is 2.20. The zero-order chi connectivity index (χ0) is 18.0. The van der Waals surface area contributed by atoms with Gasteiger partial charge in [0.05, 0.1) is 23.1 Å². The summed E-state index contributed by atoms with van der Waals surface area (Å²) in [4.78, 5) is 14.6. The van der Waals surface area contributed by atoms with Crippen LogP contribution in [0.15, 0.2) is 59.2 Å². The van der Waals surface area contributed by atoms with E-state index < -0.39 is 0 Å². The number of nitrogens with one attached hydrogen (secondary N) is 1. The first kappa shape index (κ1) is 17.2. The number of anilines is 2. The highest BCUT2D eigenvalue weighted by atomic mass is 79.9. The summed E-state index contributed by atoms with van der Waals surface area (Å²) in [6, 6.07) is 15.5. The van der Waals surface area contributed by atoms with Crippen molar-refractivity contribution in [1.82, 2.24) is 9.78 Å². The molecule has 3 aromatic rings. The largest absolute Gasteiger partial charge is 0.378 e. The van der Waals surface area contributed by atoms with E-state index in [0.29, 0.717) is 5.56 Å². The van der Waals surface area contributed by atoms with Crippen molar-refractivity contribution in [3.63, 3.8) is 0 Å². The molecule has 0 atom stereocenters. The van der Waals surface area contributed by atoms with Crippen molar-refractivity contribution in [2.45, 2.75) is 6.92 Å². The number of carbonyl (C=O) groups is 1. The van der Waals surface area contributed by atoms with E-state index in [1.807, 2.05) is 74.4 Å². The van der Waals surface area contributed by atoms with Gasteiger partial charge in [0.1, 0.15) is 0 Å². The molecule has 0 aliphatic rings. The lowest BCUT2D eigenvalue weighted by molar-refractivity contribution is 0.102. The van der Waals surface area contributed by atoms with Crippen LogP contribution in [0, 0.1) is 6.92 Å². The fourth-order valence-corrected chi connectivity index (χ4v) is 2.78. The molecular weight excluding hydrogens is 380 g/mol. The molecule has 6 heteroatoms. The molecule has 1 heterocycles. The van der Waals surface area contributed by atoms with Crippen LogP contribution in [0.25, 0.3) is 5.69 Å². The Bertz CT molecular complexity index is 883. The lowest BCUT2D eigenvalue weighted by Gasteiger charge is -2.13. The normalized spacial score (nSPS) is 10.6. The molecule has 0 bridgehead atoms. The first-order valence-corrected chi connectivity index (χ1v) is 8.64. The Hall–Kier alpha value is -2.60. The van der Waals surface area contributed by atoms with Gasteiger partial charge in [-0.05, 0) is 55.5 Å². The Morgan fingerprint density at radius 3 is 2.32 bits per heavy atom. The van der Waals surface area contributed by atoms with Gasteiger partial charge in [0, 0.05) is 29.9 Å². The molecule has 0 saturated heterocycles. The van der Waals surface area contributed by atoms with Crippen molar-refractivity contribution in [2.75, 3.05) is 24.3 Å². The molecule has 0 spiro atoms. The van der Waals surface area contributed by atoms with Crippen molar-refractivity contribution < 1.29 is 4.79 Å². The first-order valence-electron chi connectivity index (χ1n) is 7.85. The second kappa shape index (κ2) is 7.11. The van der Waals surface area contributed by atoms with Crippen LogP contribution in [0.2, 0.25) is 0 Å². The van der Waals surface area contributed by atoms with Gasteiger partial charge in [-0.1, -0.05) is 15.9 Å². The minimum Gasteiger partial charge on any atom is -0.378 e. The molecule has 0 aliphatic heterocycles. The summed E-state index contributed by atoms with van der Waals surface area (Å²) >= 11 is 3.42. The number of hydrogen-bond acceptors (Lipinski definition) is 3. The molecule has 2 aromatic carbocycles. The molecule has 0 aliphatic carbocycles. The second-order valence-electron chi connectivity index (χ2n) is 5.93. The summed E-state index contributed by atoms with van der Waals surface area (Å²) in [6.45, 7) is 1.89. The Morgan fingerprint density at radius 2 is 1.72 bits per heavy atom. The van der Waals surface area contributed by atoms with Gasteiger partial charge in [0.15, 0.2) is 0 Å². The van der Waals surface area contributed by atoms with Crippen LogP contribution in [0.3, 0.4) is 0 Å². The maximum Gasteiger partial charge on any atom is 0.259 e. The average Bonchev–Trinajstić information content (AvgIpc) is 2.98. The predicted molar refractivity (Wildman–Crippen MR) is 105 cm³/mol. The molecule has 3 rings (SSSR count). The fourth-order valence-electron chi connectivity index (χ4n) is 2.52. The van der Waals surface area contributed by atoms with Crippen LogP contribution >= 0.6 is 15.9 Å². The molecule has 0 radical (unpaired) electrons. The molecule has 128 valence electrons. The molecule has 0 saturated carbocycles. The van der Waals surface area contributed by atoms with E-state index >= 15 is 0 Å². The van der Waals surface area contributed by atoms with Crippen LogP contribution in [-0.4, -0.2) is 29.8 Å². The van der Waals surface area contributed by atoms with Gasteiger partial charge in [0.25, 0.3) is 5.91 Å². The number of amides is 1. The number of carbonyl (C=O) groups excluding carboxylic acids is 1. The minimum absolute atomic E-state index is 0.168. The van der Waals surface area contributed by atoms with E-state index in [4.69, 9.17) is 0 Å². The van der Waals surface area contributed by atoms with Gasteiger partial charge in [0.2, 0.25) is 0 Å². The molecule has 1 amide bonds. The lowest BCUT2D eigenvalue weighted by Crippen LogP contribution is -2.13. The van der Waals surface area contributed by atoms with Gasteiger partial charge in [-0.25, -0.2) is 4.68 Å². The monoisotopic (exact) mass is 398 g/mol. The molecule has 5 nitrogen and oxygen atoms in total. The quantitative estimate of drug-likeness (QED) is 0.713. The van der Waals surface area contributed by atoms with E-state index in [-0.39, 0.29) is 5.91 Å². The zero-order valence-corrected chi connectivity index (χ0v) is 15.9. The van der Waals surface area contributed by atoms with Gasteiger partial charge < -0.3 is 10.2 Å². The van der Waals surface area contributed by atoms with Crippen LogP contribution in [-0.2, 0) is 0 Å². The second-order valence-corrected chi connectivity index (χ2v) is 6.84. The smallest absolute Gasteiger partial charge is 0.259 e. The van der Waals surface area contributed by atoms with Crippen molar-refractivity contribution >= 4 is 33.2 Å². The molecule has 0 fully saturated rings. The zero-order valence-electron chi connectivity index (χ0n) is 14.3. The predicted octanol–water partition coefficient (Wildman–Crippen LogP) is 4.26. The number of rotatable bonds is 4. The Morgan fingerprint density at radius 1 is 1.08 bits per heavy atom. The number of benzene rings is 2. The Labute approximate surface area is 155 Å². The summed E-state index contributed by atoms with van der Waals surface area (Å²) in [5.41, 5.74) is 4.10. The van der Waals surface area contributed by atoms with Crippen molar-refractivity contribution in [1.29, 1.82) is 0 Å². The molecular formula is C19H19BrN4O. The molecule has 1 aromatic heterocycles. The first-order chi connectivity index (χ1) is 12.0. The standard InChI is InChI=1S/C19H19BrN4O/c1-13-18(12-21-24(13)17-8-4-14(20)5-9-17)19(25)22-15-6-10-16(11-7-15)23(2)3/h4-12H,1-3H3,(H,22,25). The summed E-state index contributed by atoms with van der Waals surface area (Å²) in [5.74, 6) is -0.168. The van der Waals surface area contributed by atoms with Crippen molar-refractivity contribution in [2.24, 2.45) is 0 Å². The summed E-state index contributed by atoms with van der Waals surface area (Å²) < 4.78 is 2.76. The summed E-state index contributed by atoms with van der Waals surface area (Å²) in [5, 5.41) is 7.27. The maximum atomic E-state index is 12.6. The van der Waals surface area contributed by atoms with Crippen LogP contribution in [0.1, 0.15) is 16.1 Å². The highest BCUT2D eigenvalue weighted by Gasteiger charge is 2.15. The molecule has 25 heavy (non-hydrogen) atoms. The average molecular weight is 399 g/mol. The van der Waals surface area contributed by atoms with Crippen molar-refractivity contribution in [3.05, 3.63) is 70.5 Å². The van der Waals surface area contributed by atoms with Crippen LogP contribution < -0.4 is 10.2 Å². The highest BCUT2D eigenvalue weighted by molar-refractivity contribution is 9.10. The van der Waals surface area contributed by atoms with Crippen molar-refractivity contribution in [3.8, 4) is 5.69 Å². The summed E-state index contributed by atoms with van der Waals surface area (Å²) in [7, 11) is 3.96. The van der Waals surface area contributed by atoms with E-state index in [1.54, 1.807) is 10.9 Å². The minimum atomic E-state index is -0.168. The van der Waals surface area contributed by atoms with Gasteiger partial charge in [-0.15, -0.1) is 0 Å². The number of hydrogen-bond donors (Lipinski definition) is 1. The third-order valence-electron chi connectivity index (χ3n) is 3.97. The van der Waals surface area contributed by atoms with E-state index in [2.05, 4.69) is 26.3 Å². The Balaban J connectivity index is 1.80. The molecule has 1 N–H and O–H groups in total. The van der Waals surface area contributed by atoms with Crippen LogP contribution in [0.4, 0.5) is 11.4 Å². The number of halogens is 1. The molecule has 0 unspecified atom stereocenters. The van der Waals surface area contributed by atoms with Gasteiger partial charge in [-0.2, -0.15) is 5.10 Å². The maximum absolute atomic E-state index is 12.6. The summed E-state index contributed by atoms with van der Waals surface area (Å²) in [6.07, 6.45) is 1.60. The third-order valence-corrected chi connectivity index (χ3v) is 4.50. The number of aromatic nitrogens is 2. The SMILES string of the molecule is Cc1c(C(=O)Nc2ccc(N(C)C)cc2)cnn1-c1ccc(Br)cc1. The van der Waals surface area contributed by atoms with E-state index in [1.165, 1.54) is 0 Å². The van der Waals surface area contributed by atoms with Gasteiger partial charge >= 0.3 is 0 Å².